The maximum absolute atomic E-state index is 9.70. The summed E-state index contributed by atoms with van der Waals surface area (Å²) in [7, 11) is 0. The van der Waals surface area contributed by atoms with Gasteiger partial charge in [0.1, 0.15) is 6.61 Å². The largest absolute Gasteiger partial charge is 0.453 e. The van der Waals surface area contributed by atoms with Crippen LogP contribution in [0.1, 0.15) is 5.56 Å². The van der Waals surface area contributed by atoms with Crippen LogP contribution in [0.3, 0.4) is 0 Å². The molecule has 0 bridgehead atoms. The molecule has 0 spiro atoms. The van der Waals surface area contributed by atoms with E-state index in [1.54, 1.807) is 30.4 Å². The molecule has 2 nitrogen and oxygen atoms in total. The van der Waals surface area contributed by atoms with Gasteiger partial charge in [-0.3, -0.25) is 0 Å². The summed E-state index contributed by atoms with van der Waals surface area (Å²) in [5.41, 5.74) is 0.858. The molecule has 0 saturated heterocycles. The van der Waals surface area contributed by atoms with Gasteiger partial charge in [-0.25, -0.2) is 4.79 Å². The van der Waals surface area contributed by atoms with Crippen LogP contribution in [0, 0.1) is 0 Å². The Morgan fingerprint density at radius 1 is 1.29 bits per heavy atom. The SMILES string of the molecule is O=[C]OC/C=C/c1cc(Cl)cc(Cl)c1. The van der Waals surface area contributed by atoms with Crippen LogP contribution in [0.15, 0.2) is 24.3 Å². The zero-order valence-corrected chi connectivity index (χ0v) is 8.68. The predicted octanol–water partition coefficient (Wildman–Crippen LogP) is 3.09. The molecule has 0 unspecified atom stereocenters. The van der Waals surface area contributed by atoms with Crippen molar-refractivity contribution in [2.45, 2.75) is 0 Å². The van der Waals surface area contributed by atoms with Crippen LogP contribution in [0.2, 0.25) is 10.0 Å². The Morgan fingerprint density at radius 2 is 1.93 bits per heavy atom. The molecular formula is C10H7Cl2O2. The normalized spacial score (nSPS) is 10.4. The fourth-order valence-electron chi connectivity index (χ4n) is 0.938. The molecule has 0 aliphatic heterocycles. The van der Waals surface area contributed by atoms with E-state index in [9.17, 15) is 4.79 Å². The van der Waals surface area contributed by atoms with E-state index in [1.807, 2.05) is 0 Å². The van der Waals surface area contributed by atoms with Gasteiger partial charge in [0.2, 0.25) is 0 Å². The van der Waals surface area contributed by atoms with Crippen LogP contribution in [0.25, 0.3) is 6.08 Å². The van der Waals surface area contributed by atoms with Crippen LogP contribution in [-0.2, 0) is 9.53 Å². The third-order valence-corrected chi connectivity index (χ3v) is 1.87. The van der Waals surface area contributed by atoms with E-state index >= 15 is 0 Å². The van der Waals surface area contributed by atoms with Gasteiger partial charge >= 0.3 is 6.47 Å². The smallest absolute Gasteiger partial charge is 0.417 e. The monoisotopic (exact) mass is 229 g/mol. The number of ether oxygens (including phenoxy) is 1. The molecule has 0 aliphatic rings. The third-order valence-electron chi connectivity index (χ3n) is 1.43. The van der Waals surface area contributed by atoms with Gasteiger partial charge in [-0.05, 0) is 29.8 Å². The van der Waals surface area contributed by atoms with Crippen molar-refractivity contribution in [2.24, 2.45) is 0 Å². The molecule has 0 fully saturated rings. The summed E-state index contributed by atoms with van der Waals surface area (Å²) < 4.78 is 4.36. The van der Waals surface area contributed by atoms with Crippen LogP contribution in [0.5, 0.6) is 0 Å². The molecule has 0 heterocycles. The van der Waals surface area contributed by atoms with E-state index in [-0.39, 0.29) is 6.61 Å². The second kappa shape index (κ2) is 5.68. The predicted molar refractivity (Wildman–Crippen MR) is 57.1 cm³/mol. The third kappa shape index (κ3) is 3.81. The highest BCUT2D eigenvalue weighted by Gasteiger charge is 1.94. The molecule has 1 aromatic carbocycles. The van der Waals surface area contributed by atoms with Crippen LogP contribution >= 0.6 is 23.2 Å². The van der Waals surface area contributed by atoms with Gasteiger partial charge in [-0.15, -0.1) is 0 Å². The second-order valence-electron chi connectivity index (χ2n) is 2.50. The molecule has 0 aromatic heterocycles. The van der Waals surface area contributed by atoms with Crippen molar-refractivity contribution in [1.82, 2.24) is 0 Å². The van der Waals surface area contributed by atoms with Gasteiger partial charge in [0.05, 0.1) is 0 Å². The first kappa shape index (κ1) is 11.1. The molecule has 14 heavy (non-hydrogen) atoms. The standard InChI is InChI=1S/C10H7Cl2O2/c11-9-4-8(5-10(12)6-9)2-1-3-14-7-13/h1-2,4-6H,3H2/b2-1+. The lowest BCUT2D eigenvalue weighted by atomic mass is 10.2. The maximum atomic E-state index is 9.70. The summed E-state index contributed by atoms with van der Waals surface area (Å²) in [5.74, 6) is 0. The fourth-order valence-corrected chi connectivity index (χ4v) is 1.48. The highest BCUT2D eigenvalue weighted by molar-refractivity contribution is 6.34. The Bertz CT molecular complexity index is 328. The van der Waals surface area contributed by atoms with Crippen molar-refractivity contribution in [2.75, 3.05) is 6.61 Å². The number of halogens is 2. The minimum atomic E-state index is 0.188. The van der Waals surface area contributed by atoms with Crippen molar-refractivity contribution < 1.29 is 9.53 Å². The summed E-state index contributed by atoms with van der Waals surface area (Å²) in [5, 5.41) is 1.14. The van der Waals surface area contributed by atoms with Crippen molar-refractivity contribution >= 4 is 35.8 Å². The zero-order valence-electron chi connectivity index (χ0n) is 7.17. The van der Waals surface area contributed by atoms with E-state index in [4.69, 9.17) is 23.2 Å². The molecule has 0 N–H and O–H groups in total. The molecule has 73 valence electrons. The zero-order chi connectivity index (χ0) is 10.4. The molecule has 4 heteroatoms. The van der Waals surface area contributed by atoms with Gasteiger partial charge in [-0.2, -0.15) is 0 Å². The van der Waals surface area contributed by atoms with E-state index in [0.717, 1.165) is 5.56 Å². The Morgan fingerprint density at radius 3 is 2.50 bits per heavy atom. The second-order valence-corrected chi connectivity index (χ2v) is 3.37. The van der Waals surface area contributed by atoms with Gasteiger partial charge < -0.3 is 4.74 Å². The van der Waals surface area contributed by atoms with Crippen molar-refractivity contribution in [1.29, 1.82) is 0 Å². The first-order valence-corrected chi connectivity index (χ1v) is 4.59. The Balaban J connectivity index is 2.66. The van der Waals surface area contributed by atoms with Crippen molar-refractivity contribution in [3.05, 3.63) is 39.9 Å². The molecule has 1 aromatic rings. The Hall–Kier alpha value is -0.990. The fraction of sp³-hybridized carbons (Fsp3) is 0.100. The van der Waals surface area contributed by atoms with Gasteiger partial charge in [0, 0.05) is 10.0 Å². The summed E-state index contributed by atoms with van der Waals surface area (Å²) in [6.45, 7) is 1.51. The lowest BCUT2D eigenvalue weighted by Crippen LogP contribution is -1.85. The van der Waals surface area contributed by atoms with Gasteiger partial charge in [0.25, 0.3) is 0 Å². The highest BCUT2D eigenvalue weighted by Crippen LogP contribution is 2.19. The summed E-state index contributed by atoms with van der Waals surface area (Å²) in [4.78, 5) is 9.70. The molecule has 0 amide bonds. The summed E-state index contributed by atoms with van der Waals surface area (Å²) in [6, 6.07) is 5.17. The topological polar surface area (TPSA) is 26.3 Å². The number of benzene rings is 1. The van der Waals surface area contributed by atoms with Crippen LogP contribution in [0.4, 0.5) is 0 Å². The molecule has 1 radical (unpaired) electrons. The first-order chi connectivity index (χ1) is 6.72. The number of rotatable bonds is 4. The minimum absolute atomic E-state index is 0.188. The number of carbonyl (C=O) groups excluding carboxylic acids is 1. The van der Waals surface area contributed by atoms with Gasteiger partial charge in [0.15, 0.2) is 0 Å². The number of hydrogen-bond acceptors (Lipinski definition) is 2. The number of hydrogen-bond donors (Lipinski definition) is 0. The quantitative estimate of drug-likeness (QED) is 0.743. The summed E-state index contributed by atoms with van der Waals surface area (Å²) in [6.07, 6.45) is 3.43. The van der Waals surface area contributed by atoms with Crippen molar-refractivity contribution in [3.63, 3.8) is 0 Å². The molecule has 0 aliphatic carbocycles. The summed E-state index contributed by atoms with van der Waals surface area (Å²) >= 11 is 11.6. The Kier molecular flexibility index (Phi) is 4.50. The highest BCUT2D eigenvalue weighted by atomic mass is 35.5. The van der Waals surface area contributed by atoms with E-state index < -0.39 is 0 Å². The lowest BCUT2D eigenvalue weighted by Gasteiger charge is -1.96. The first-order valence-electron chi connectivity index (χ1n) is 3.84. The van der Waals surface area contributed by atoms with Gasteiger partial charge in [-0.1, -0.05) is 29.3 Å². The minimum Gasteiger partial charge on any atom is -0.453 e. The van der Waals surface area contributed by atoms with Crippen LogP contribution < -0.4 is 0 Å². The van der Waals surface area contributed by atoms with Crippen LogP contribution in [-0.4, -0.2) is 13.1 Å². The average Bonchev–Trinajstić information content (AvgIpc) is 2.11. The molecule has 0 atom stereocenters. The Labute approximate surface area is 92.1 Å². The van der Waals surface area contributed by atoms with Crippen molar-refractivity contribution in [3.8, 4) is 0 Å². The average molecular weight is 230 g/mol. The molecule has 1 rings (SSSR count). The lowest BCUT2D eigenvalue weighted by molar-refractivity contribution is 0.314. The maximum Gasteiger partial charge on any atom is 0.417 e. The van der Waals surface area contributed by atoms with E-state index in [0.29, 0.717) is 10.0 Å². The van der Waals surface area contributed by atoms with E-state index in [2.05, 4.69) is 4.74 Å². The van der Waals surface area contributed by atoms with E-state index in [1.165, 1.54) is 6.47 Å². The molecular weight excluding hydrogens is 223 g/mol. The molecule has 0 saturated carbocycles.